The number of rotatable bonds is 15. The van der Waals surface area contributed by atoms with Crippen molar-refractivity contribution < 1.29 is 14.3 Å². The van der Waals surface area contributed by atoms with Crippen LogP contribution in [0.4, 0.5) is 4.79 Å². The van der Waals surface area contributed by atoms with Crippen LogP contribution in [0.2, 0.25) is 0 Å². The van der Waals surface area contributed by atoms with Gasteiger partial charge in [0.2, 0.25) is 5.91 Å². The van der Waals surface area contributed by atoms with E-state index in [1.165, 1.54) is 0 Å². The minimum absolute atomic E-state index is 0.345. The molecule has 0 rings (SSSR count). The summed E-state index contributed by atoms with van der Waals surface area (Å²) < 4.78 is 5.80. The number of primary amides is 2. The molecule has 0 aromatic rings. The van der Waals surface area contributed by atoms with Gasteiger partial charge in [0.25, 0.3) is 0 Å². The molecule has 0 radical (unpaired) electrons. The van der Waals surface area contributed by atoms with Gasteiger partial charge in [-0.2, -0.15) is 0 Å². The van der Waals surface area contributed by atoms with E-state index in [0.717, 1.165) is 51.4 Å². The Balaban J connectivity index is 6.17. The quantitative estimate of drug-likeness (QED) is 0.429. The Kier molecular flexibility index (Phi) is 11.5. The predicted molar refractivity (Wildman–Crippen MR) is 103 cm³/mol. The number of ether oxygens (including phenoxy) is 1. The molecule has 5 nitrogen and oxygen atoms in total. The third-order valence-electron chi connectivity index (χ3n) is 5.42. The second-order valence-electron chi connectivity index (χ2n) is 7.28. The molecule has 0 aliphatic heterocycles. The molecule has 25 heavy (non-hydrogen) atoms. The maximum atomic E-state index is 12.8. The van der Waals surface area contributed by atoms with Gasteiger partial charge in [-0.3, -0.25) is 4.79 Å². The van der Waals surface area contributed by atoms with Gasteiger partial charge < -0.3 is 16.2 Å². The second kappa shape index (κ2) is 12.2. The van der Waals surface area contributed by atoms with Crippen molar-refractivity contribution >= 4 is 12.0 Å². The molecule has 0 aromatic heterocycles. The van der Waals surface area contributed by atoms with Crippen molar-refractivity contribution in [1.29, 1.82) is 0 Å². The highest BCUT2D eigenvalue weighted by Gasteiger charge is 2.56. The van der Waals surface area contributed by atoms with E-state index in [1.807, 2.05) is 0 Å². The number of nitrogens with two attached hydrogens (primary N) is 2. The predicted octanol–water partition coefficient (Wildman–Crippen LogP) is 5.05. The molecule has 0 heterocycles. The smallest absolute Gasteiger partial charge is 0.405 e. The molecule has 0 bridgehead atoms. The van der Waals surface area contributed by atoms with Crippen LogP contribution in [0.1, 0.15) is 105 Å². The van der Waals surface area contributed by atoms with Crippen LogP contribution in [-0.4, -0.2) is 17.6 Å². The molecular weight excluding hydrogens is 316 g/mol. The third kappa shape index (κ3) is 6.52. The number of hydrogen-bond acceptors (Lipinski definition) is 3. The van der Waals surface area contributed by atoms with Gasteiger partial charge in [-0.05, 0) is 38.5 Å². The summed E-state index contributed by atoms with van der Waals surface area (Å²) >= 11 is 0. The zero-order valence-electron chi connectivity index (χ0n) is 16.9. The number of hydrogen-bond donors (Lipinski definition) is 2. The normalized spacial score (nSPS) is 12.2. The molecule has 0 saturated heterocycles. The minimum Gasteiger partial charge on any atom is -0.442 e. The Morgan fingerprint density at radius 3 is 1.36 bits per heavy atom. The third-order valence-corrected chi connectivity index (χ3v) is 5.42. The zero-order valence-corrected chi connectivity index (χ0v) is 16.9. The van der Waals surface area contributed by atoms with E-state index in [9.17, 15) is 9.59 Å². The summed E-state index contributed by atoms with van der Waals surface area (Å²) in [6.45, 7) is 8.39. The maximum Gasteiger partial charge on any atom is 0.405 e. The standard InChI is InChI=1S/C20H40N2O3/c1-5-9-13-19(17(21)23,14-10-6-2)20(15-11-7-3,16-12-8-4)25-18(22)24/h5-16H2,1-4H3,(H2,21,23)(H2,22,24). The van der Waals surface area contributed by atoms with Crippen LogP contribution < -0.4 is 11.5 Å². The molecule has 0 atom stereocenters. The Morgan fingerprint density at radius 2 is 1.08 bits per heavy atom. The van der Waals surface area contributed by atoms with Crippen LogP contribution in [0.3, 0.4) is 0 Å². The van der Waals surface area contributed by atoms with Gasteiger partial charge >= 0.3 is 6.09 Å². The van der Waals surface area contributed by atoms with Gasteiger partial charge in [0.05, 0.1) is 5.41 Å². The van der Waals surface area contributed by atoms with Crippen LogP contribution >= 0.6 is 0 Å². The zero-order chi connectivity index (χ0) is 19.3. The molecule has 5 heteroatoms. The molecule has 0 aromatic carbocycles. The summed E-state index contributed by atoms with van der Waals surface area (Å²) in [6.07, 6.45) is 9.18. The topological polar surface area (TPSA) is 95.4 Å². The lowest BCUT2D eigenvalue weighted by Crippen LogP contribution is -2.58. The van der Waals surface area contributed by atoms with Crippen molar-refractivity contribution in [2.75, 3.05) is 0 Å². The first-order valence-corrected chi connectivity index (χ1v) is 10.1. The molecule has 0 fully saturated rings. The van der Waals surface area contributed by atoms with Crippen LogP contribution in [0.15, 0.2) is 0 Å². The van der Waals surface area contributed by atoms with Gasteiger partial charge in [-0.15, -0.1) is 0 Å². The molecule has 0 spiro atoms. The highest BCUT2D eigenvalue weighted by atomic mass is 16.6. The number of amides is 2. The summed E-state index contributed by atoms with van der Waals surface area (Å²) in [5.41, 5.74) is 9.73. The largest absolute Gasteiger partial charge is 0.442 e. The van der Waals surface area contributed by atoms with Crippen molar-refractivity contribution in [3.8, 4) is 0 Å². The molecule has 0 aliphatic rings. The Morgan fingerprint density at radius 1 is 0.720 bits per heavy atom. The minimum atomic E-state index is -0.888. The van der Waals surface area contributed by atoms with E-state index in [-0.39, 0.29) is 5.91 Å². The molecule has 2 amide bonds. The number of carbonyl (C=O) groups excluding carboxylic acids is 2. The lowest BCUT2D eigenvalue weighted by molar-refractivity contribution is -0.155. The summed E-state index contributed by atoms with van der Waals surface area (Å²) in [7, 11) is 0. The van der Waals surface area contributed by atoms with E-state index in [2.05, 4.69) is 27.7 Å². The lowest BCUT2D eigenvalue weighted by Gasteiger charge is -2.48. The van der Waals surface area contributed by atoms with Gasteiger partial charge in [0.15, 0.2) is 0 Å². The number of unbranched alkanes of at least 4 members (excludes halogenated alkanes) is 4. The molecule has 0 unspecified atom stereocenters. The first-order chi connectivity index (χ1) is 11.9. The first-order valence-electron chi connectivity index (χ1n) is 10.1. The molecule has 4 N–H and O–H groups in total. The molecule has 0 aliphatic carbocycles. The first kappa shape index (κ1) is 23.7. The Hall–Kier alpha value is -1.26. The highest BCUT2D eigenvalue weighted by molar-refractivity contribution is 5.83. The van der Waals surface area contributed by atoms with Crippen molar-refractivity contribution in [1.82, 2.24) is 0 Å². The average molecular weight is 357 g/mol. The SMILES string of the molecule is CCCCC(CCCC)(OC(N)=O)C(CCCC)(CCCC)C(N)=O. The van der Waals surface area contributed by atoms with Crippen LogP contribution in [0, 0.1) is 5.41 Å². The van der Waals surface area contributed by atoms with E-state index < -0.39 is 17.1 Å². The van der Waals surface area contributed by atoms with Crippen LogP contribution in [-0.2, 0) is 9.53 Å². The molecular formula is C20H40N2O3. The van der Waals surface area contributed by atoms with Crippen LogP contribution in [0.25, 0.3) is 0 Å². The van der Waals surface area contributed by atoms with Crippen molar-refractivity contribution in [2.24, 2.45) is 16.9 Å². The summed E-state index contributed by atoms with van der Waals surface area (Å²) in [5.74, 6) is -0.345. The van der Waals surface area contributed by atoms with Gasteiger partial charge in [-0.25, -0.2) is 4.79 Å². The highest BCUT2D eigenvalue weighted by Crippen LogP contribution is 2.49. The van der Waals surface area contributed by atoms with E-state index >= 15 is 0 Å². The lowest BCUT2D eigenvalue weighted by atomic mass is 9.61. The van der Waals surface area contributed by atoms with Crippen molar-refractivity contribution in [3.05, 3.63) is 0 Å². The van der Waals surface area contributed by atoms with Gasteiger partial charge in [0, 0.05) is 0 Å². The van der Waals surface area contributed by atoms with Gasteiger partial charge in [-0.1, -0.05) is 66.2 Å². The monoisotopic (exact) mass is 356 g/mol. The van der Waals surface area contributed by atoms with Crippen molar-refractivity contribution in [3.63, 3.8) is 0 Å². The Bertz CT molecular complexity index is 380. The summed E-state index contributed by atoms with van der Waals surface area (Å²) in [4.78, 5) is 24.6. The van der Waals surface area contributed by atoms with E-state index in [0.29, 0.717) is 25.7 Å². The molecule has 0 saturated carbocycles. The average Bonchev–Trinajstić information content (AvgIpc) is 2.57. The fourth-order valence-electron chi connectivity index (χ4n) is 3.93. The fraction of sp³-hybridized carbons (Fsp3) is 0.900. The van der Waals surface area contributed by atoms with Crippen molar-refractivity contribution in [2.45, 2.75) is 110 Å². The second-order valence-corrected chi connectivity index (χ2v) is 7.28. The van der Waals surface area contributed by atoms with Crippen LogP contribution in [0.5, 0.6) is 0 Å². The summed E-state index contributed by atoms with van der Waals surface area (Å²) in [5, 5.41) is 0. The summed E-state index contributed by atoms with van der Waals surface area (Å²) in [6, 6.07) is 0. The van der Waals surface area contributed by atoms with E-state index in [1.54, 1.807) is 0 Å². The van der Waals surface area contributed by atoms with E-state index in [4.69, 9.17) is 16.2 Å². The maximum absolute atomic E-state index is 12.8. The Labute approximate surface area is 154 Å². The van der Waals surface area contributed by atoms with Gasteiger partial charge in [0.1, 0.15) is 5.60 Å². The fourth-order valence-corrected chi connectivity index (χ4v) is 3.93. The number of carbonyl (C=O) groups is 2. The molecule has 148 valence electrons.